The summed E-state index contributed by atoms with van der Waals surface area (Å²) in [6, 6.07) is 0. The van der Waals surface area contributed by atoms with Gasteiger partial charge in [-0.25, -0.2) is 0 Å². The number of hydrogen-bond donors (Lipinski definition) is 2. The molecular weight excluding hydrogens is 228 g/mol. The van der Waals surface area contributed by atoms with E-state index in [-0.39, 0.29) is 12.2 Å². The van der Waals surface area contributed by atoms with Gasteiger partial charge in [0.1, 0.15) is 0 Å². The van der Waals surface area contributed by atoms with Crippen LogP contribution in [0.3, 0.4) is 0 Å². The minimum atomic E-state index is -1.12. The van der Waals surface area contributed by atoms with Crippen molar-refractivity contribution in [3.05, 3.63) is 22.8 Å². The highest BCUT2D eigenvalue weighted by Crippen LogP contribution is 2.48. The van der Waals surface area contributed by atoms with E-state index in [0.29, 0.717) is 12.0 Å². The third-order valence-electron chi connectivity index (χ3n) is 4.38. The Morgan fingerprint density at radius 2 is 2.06 bits per heavy atom. The maximum absolute atomic E-state index is 12.2. The van der Waals surface area contributed by atoms with Gasteiger partial charge in [-0.2, -0.15) is 0 Å². The van der Waals surface area contributed by atoms with Crippen molar-refractivity contribution in [2.45, 2.75) is 58.7 Å². The van der Waals surface area contributed by atoms with E-state index in [2.05, 4.69) is 0 Å². The van der Waals surface area contributed by atoms with Crippen molar-refractivity contribution in [1.29, 1.82) is 0 Å². The smallest absolute Gasteiger partial charge is 0.162 e. The molecule has 18 heavy (non-hydrogen) atoms. The van der Waals surface area contributed by atoms with E-state index in [9.17, 15) is 15.0 Å². The lowest BCUT2D eigenvalue weighted by Crippen LogP contribution is -2.44. The highest BCUT2D eigenvalue weighted by atomic mass is 16.3. The van der Waals surface area contributed by atoms with Crippen LogP contribution in [-0.2, 0) is 4.79 Å². The second kappa shape index (κ2) is 4.04. The molecule has 2 rings (SSSR count). The molecule has 3 nitrogen and oxygen atoms in total. The van der Waals surface area contributed by atoms with Gasteiger partial charge in [-0.05, 0) is 45.3 Å². The molecule has 0 saturated heterocycles. The van der Waals surface area contributed by atoms with Crippen LogP contribution < -0.4 is 0 Å². The third-order valence-corrected chi connectivity index (χ3v) is 4.38. The van der Waals surface area contributed by atoms with Crippen LogP contribution in [0, 0.1) is 5.41 Å². The van der Waals surface area contributed by atoms with Crippen LogP contribution in [-0.4, -0.2) is 27.7 Å². The highest BCUT2D eigenvalue weighted by molar-refractivity contribution is 6.00. The molecule has 2 aliphatic rings. The molecule has 0 aromatic carbocycles. The van der Waals surface area contributed by atoms with Gasteiger partial charge in [-0.3, -0.25) is 4.79 Å². The molecule has 2 atom stereocenters. The topological polar surface area (TPSA) is 57.5 Å². The second-order valence-corrected chi connectivity index (χ2v) is 6.38. The van der Waals surface area contributed by atoms with Gasteiger partial charge in [0.05, 0.1) is 11.7 Å². The van der Waals surface area contributed by atoms with Gasteiger partial charge >= 0.3 is 0 Å². The zero-order valence-corrected chi connectivity index (χ0v) is 11.6. The molecule has 3 heteroatoms. The minimum Gasteiger partial charge on any atom is -0.392 e. The summed E-state index contributed by atoms with van der Waals surface area (Å²) in [4.78, 5) is 12.2. The fourth-order valence-corrected chi connectivity index (χ4v) is 3.15. The Labute approximate surface area is 108 Å². The summed E-state index contributed by atoms with van der Waals surface area (Å²) in [5.41, 5.74) is 1.13. The number of aliphatic hydroxyl groups excluding tert-OH is 1. The van der Waals surface area contributed by atoms with Crippen molar-refractivity contribution in [1.82, 2.24) is 0 Å². The quantitative estimate of drug-likeness (QED) is 0.749. The maximum Gasteiger partial charge on any atom is 0.162 e. The monoisotopic (exact) mass is 250 g/mol. The van der Waals surface area contributed by atoms with Crippen molar-refractivity contribution in [2.75, 3.05) is 0 Å². The number of rotatable bonds is 1. The van der Waals surface area contributed by atoms with Crippen molar-refractivity contribution < 1.29 is 15.0 Å². The predicted octanol–water partition coefficient (Wildman–Crippen LogP) is 2.13. The molecule has 0 spiro atoms. The minimum absolute atomic E-state index is 0.0532. The zero-order valence-electron chi connectivity index (χ0n) is 11.6. The SMILES string of the molecule is CC1=C2C=C(C(C)(C)O)C(=O)C[C@@]2(C)[C@H](O)CC1. The molecule has 0 heterocycles. The number of carbonyl (C=O) groups is 1. The standard InChI is InChI=1S/C15H22O3/c1-9-5-6-13(17)15(4)8-12(16)11(7-10(9)15)14(2,3)18/h7,13,17-18H,5-6,8H2,1-4H3/t13-,15-/m1/s1. The van der Waals surface area contributed by atoms with E-state index in [0.717, 1.165) is 12.0 Å². The lowest BCUT2D eigenvalue weighted by atomic mass is 9.62. The Balaban J connectivity index is 2.58. The molecule has 100 valence electrons. The number of aliphatic hydroxyl groups is 2. The highest BCUT2D eigenvalue weighted by Gasteiger charge is 2.46. The van der Waals surface area contributed by atoms with Crippen LogP contribution >= 0.6 is 0 Å². The second-order valence-electron chi connectivity index (χ2n) is 6.38. The van der Waals surface area contributed by atoms with Crippen LogP contribution in [0.15, 0.2) is 22.8 Å². The molecule has 2 aliphatic carbocycles. The van der Waals surface area contributed by atoms with Gasteiger partial charge in [-0.1, -0.05) is 12.5 Å². The molecule has 0 aromatic heterocycles. The number of Topliss-reactive ketones (excluding diaryl/α,β-unsaturated/α-hetero) is 1. The van der Waals surface area contributed by atoms with Gasteiger partial charge in [-0.15, -0.1) is 0 Å². The number of fused-ring (bicyclic) bond motifs is 1. The van der Waals surface area contributed by atoms with Crippen molar-refractivity contribution in [3.8, 4) is 0 Å². The van der Waals surface area contributed by atoms with Gasteiger partial charge in [0.2, 0.25) is 0 Å². The number of hydrogen-bond acceptors (Lipinski definition) is 3. The average molecular weight is 250 g/mol. The van der Waals surface area contributed by atoms with Crippen LogP contribution in [0.25, 0.3) is 0 Å². The van der Waals surface area contributed by atoms with Crippen LogP contribution in [0.2, 0.25) is 0 Å². The first-order chi connectivity index (χ1) is 8.16. The molecule has 0 unspecified atom stereocenters. The van der Waals surface area contributed by atoms with Gasteiger partial charge < -0.3 is 10.2 Å². The Hall–Kier alpha value is -0.930. The molecule has 0 saturated carbocycles. The fourth-order valence-electron chi connectivity index (χ4n) is 3.15. The summed E-state index contributed by atoms with van der Waals surface area (Å²) in [5.74, 6) is -0.0532. The average Bonchev–Trinajstić information content (AvgIpc) is 2.21. The number of allylic oxidation sites excluding steroid dienone is 2. The lowest BCUT2D eigenvalue weighted by Gasteiger charge is -2.44. The largest absolute Gasteiger partial charge is 0.392 e. The molecule has 0 aromatic rings. The van der Waals surface area contributed by atoms with E-state index >= 15 is 0 Å². The van der Waals surface area contributed by atoms with E-state index in [4.69, 9.17) is 0 Å². The van der Waals surface area contributed by atoms with E-state index < -0.39 is 17.1 Å². The molecule has 2 N–H and O–H groups in total. The summed E-state index contributed by atoms with van der Waals surface area (Å²) in [6.07, 6.45) is 3.20. The summed E-state index contributed by atoms with van der Waals surface area (Å²) in [7, 11) is 0. The maximum atomic E-state index is 12.2. The van der Waals surface area contributed by atoms with Crippen LogP contribution in [0.1, 0.15) is 47.0 Å². The van der Waals surface area contributed by atoms with Crippen molar-refractivity contribution >= 4 is 5.78 Å². The molecular formula is C15H22O3. The third kappa shape index (κ3) is 1.95. The first-order valence-electron chi connectivity index (χ1n) is 6.52. The molecule has 0 radical (unpaired) electrons. The van der Waals surface area contributed by atoms with Crippen LogP contribution in [0.4, 0.5) is 0 Å². The van der Waals surface area contributed by atoms with E-state index in [1.165, 1.54) is 5.57 Å². The summed E-state index contributed by atoms with van der Waals surface area (Å²) < 4.78 is 0. The van der Waals surface area contributed by atoms with Crippen molar-refractivity contribution in [3.63, 3.8) is 0 Å². The van der Waals surface area contributed by atoms with Crippen molar-refractivity contribution in [2.24, 2.45) is 5.41 Å². The number of ketones is 1. The Morgan fingerprint density at radius 1 is 1.44 bits per heavy atom. The summed E-state index contributed by atoms with van der Waals surface area (Å²) >= 11 is 0. The van der Waals surface area contributed by atoms with Crippen LogP contribution in [0.5, 0.6) is 0 Å². The lowest BCUT2D eigenvalue weighted by molar-refractivity contribution is -0.121. The Kier molecular flexibility index (Phi) is 3.03. The first-order valence-corrected chi connectivity index (χ1v) is 6.52. The molecule has 0 aliphatic heterocycles. The van der Waals surface area contributed by atoms with Gasteiger partial charge in [0, 0.05) is 17.4 Å². The fraction of sp³-hybridized carbons (Fsp3) is 0.667. The molecule has 0 bridgehead atoms. The first kappa shape index (κ1) is 13.5. The van der Waals surface area contributed by atoms with E-state index in [1.54, 1.807) is 13.8 Å². The van der Waals surface area contributed by atoms with Gasteiger partial charge in [0.25, 0.3) is 0 Å². The summed E-state index contributed by atoms with van der Waals surface area (Å²) in [6.45, 7) is 7.27. The normalized spacial score (nSPS) is 33.3. The van der Waals surface area contributed by atoms with Gasteiger partial charge in [0.15, 0.2) is 5.78 Å². The molecule has 0 fully saturated rings. The Bertz CT molecular complexity index is 451. The van der Waals surface area contributed by atoms with E-state index in [1.807, 2.05) is 19.9 Å². The summed E-state index contributed by atoms with van der Waals surface area (Å²) in [5, 5.41) is 20.3. The molecule has 0 amide bonds. The predicted molar refractivity (Wildman–Crippen MR) is 70.1 cm³/mol. The number of carbonyl (C=O) groups excluding carboxylic acids is 1. The Morgan fingerprint density at radius 3 is 2.61 bits per heavy atom. The zero-order chi connectivity index (χ0) is 13.7.